The molecule has 4 amide bonds. The van der Waals surface area contributed by atoms with Crippen molar-refractivity contribution in [3.63, 3.8) is 0 Å². The summed E-state index contributed by atoms with van der Waals surface area (Å²) in [5.41, 5.74) is 0.763. The minimum Gasteiger partial charge on any atom is -0.497 e. The van der Waals surface area contributed by atoms with Gasteiger partial charge < -0.3 is 15.4 Å². The highest BCUT2D eigenvalue weighted by molar-refractivity contribution is 7.22. The molecule has 1 atom stereocenters. The van der Waals surface area contributed by atoms with E-state index in [2.05, 4.69) is 15.6 Å². The quantitative estimate of drug-likeness (QED) is 0.552. The number of hydrogen-bond donors (Lipinski definition) is 2. The summed E-state index contributed by atoms with van der Waals surface area (Å²) in [6, 6.07) is 14.6. The summed E-state index contributed by atoms with van der Waals surface area (Å²) < 4.78 is 6.05. The molecule has 31 heavy (non-hydrogen) atoms. The molecule has 2 heterocycles. The predicted octanol–water partition coefficient (Wildman–Crippen LogP) is 3.19. The maximum atomic E-state index is 12.9. The number of benzene rings is 2. The number of nitrogens with one attached hydrogen (secondary N) is 2. The van der Waals surface area contributed by atoms with Crippen molar-refractivity contribution in [2.24, 2.45) is 0 Å². The number of aryl methyl sites for hydroxylation is 1. The third kappa shape index (κ3) is 4.36. The van der Waals surface area contributed by atoms with E-state index in [1.165, 1.54) is 11.3 Å². The second kappa shape index (κ2) is 8.35. The van der Waals surface area contributed by atoms with Crippen LogP contribution in [-0.2, 0) is 16.0 Å². The van der Waals surface area contributed by atoms with Gasteiger partial charge in [-0.2, -0.15) is 0 Å². The SMILES string of the molecule is COc1ccc2nc(NC(=O)CN3C(=O)N[C@](C)(CCc4ccccc4)C3=O)sc2c1. The molecule has 160 valence electrons. The lowest BCUT2D eigenvalue weighted by molar-refractivity contribution is -0.133. The molecule has 0 radical (unpaired) electrons. The summed E-state index contributed by atoms with van der Waals surface area (Å²) in [5, 5.41) is 5.81. The van der Waals surface area contributed by atoms with Gasteiger partial charge in [0.2, 0.25) is 5.91 Å². The number of urea groups is 1. The Hall–Kier alpha value is -3.46. The number of hydrogen-bond acceptors (Lipinski definition) is 6. The summed E-state index contributed by atoms with van der Waals surface area (Å²) in [4.78, 5) is 43.1. The first kappa shape index (κ1) is 20.8. The largest absolute Gasteiger partial charge is 0.497 e. The van der Waals surface area contributed by atoms with Crippen LogP contribution in [0.4, 0.5) is 9.93 Å². The number of methoxy groups -OCH3 is 1. The molecule has 2 N–H and O–H groups in total. The zero-order valence-electron chi connectivity index (χ0n) is 17.2. The number of ether oxygens (including phenoxy) is 1. The number of imide groups is 1. The highest BCUT2D eigenvalue weighted by Gasteiger charge is 2.47. The molecule has 1 aliphatic heterocycles. The van der Waals surface area contributed by atoms with Crippen LogP contribution in [0, 0.1) is 0 Å². The van der Waals surface area contributed by atoms with Crippen LogP contribution in [0.3, 0.4) is 0 Å². The number of aromatic nitrogens is 1. The molecule has 1 aromatic heterocycles. The van der Waals surface area contributed by atoms with Crippen LogP contribution in [0.5, 0.6) is 5.75 Å². The van der Waals surface area contributed by atoms with Crippen molar-refractivity contribution in [3.05, 3.63) is 54.1 Å². The molecule has 2 aromatic carbocycles. The van der Waals surface area contributed by atoms with E-state index >= 15 is 0 Å². The number of rotatable bonds is 7. The fraction of sp³-hybridized carbons (Fsp3) is 0.273. The van der Waals surface area contributed by atoms with Crippen molar-refractivity contribution >= 4 is 44.5 Å². The normalized spacial score (nSPS) is 18.3. The molecule has 4 rings (SSSR count). The third-order valence-electron chi connectivity index (χ3n) is 5.25. The number of thiazole rings is 1. The summed E-state index contributed by atoms with van der Waals surface area (Å²) in [6.45, 7) is 1.32. The third-order valence-corrected chi connectivity index (χ3v) is 6.18. The lowest BCUT2D eigenvalue weighted by Gasteiger charge is -2.21. The van der Waals surface area contributed by atoms with Crippen LogP contribution < -0.4 is 15.4 Å². The molecule has 9 heteroatoms. The Morgan fingerprint density at radius 2 is 2.00 bits per heavy atom. The average molecular weight is 439 g/mol. The number of amides is 4. The van der Waals surface area contributed by atoms with Crippen LogP contribution in [0.15, 0.2) is 48.5 Å². The highest BCUT2D eigenvalue weighted by Crippen LogP contribution is 2.29. The van der Waals surface area contributed by atoms with Gasteiger partial charge >= 0.3 is 6.03 Å². The van der Waals surface area contributed by atoms with Crippen molar-refractivity contribution in [2.45, 2.75) is 25.3 Å². The Kier molecular flexibility index (Phi) is 5.60. The fourth-order valence-electron chi connectivity index (χ4n) is 3.49. The molecule has 0 bridgehead atoms. The van der Waals surface area contributed by atoms with Gasteiger partial charge in [0.05, 0.1) is 17.3 Å². The van der Waals surface area contributed by atoms with Crippen LogP contribution in [0.1, 0.15) is 18.9 Å². The van der Waals surface area contributed by atoms with Crippen LogP contribution in [0.2, 0.25) is 0 Å². The molecule has 8 nitrogen and oxygen atoms in total. The standard InChI is InChI=1S/C22H22N4O4S/c1-22(11-10-14-6-4-3-5-7-14)19(28)26(21(29)25-22)13-18(27)24-20-23-16-9-8-15(30-2)12-17(16)31-20/h3-9,12H,10-11,13H2,1-2H3,(H,25,29)(H,23,24,27)/t22-/m1/s1. The van der Waals surface area contributed by atoms with Gasteiger partial charge in [0, 0.05) is 0 Å². The Labute approximate surface area is 183 Å². The molecule has 0 aliphatic carbocycles. The van der Waals surface area contributed by atoms with Gasteiger partial charge in [0.15, 0.2) is 5.13 Å². The zero-order valence-corrected chi connectivity index (χ0v) is 18.0. The second-order valence-corrected chi connectivity index (χ2v) is 8.57. The monoisotopic (exact) mass is 438 g/mol. The summed E-state index contributed by atoms with van der Waals surface area (Å²) in [6.07, 6.45) is 1.08. The highest BCUT2D eigenvalue weighted by atomic mass is 32.1. The number of nitrogens with zero attached hydrogens (tertiary/aromatic N) is 2. The van der Waals surface area contributed by atoms with Crippen molar-refractivity contribution in [1.29, 1.82) is 0 Å². The van der Waals surface area contributed by atoms with Crippen molar-refractivity contribution < 1.29 is 19.1 Å². The van der Waals surface area contributed by atoms with E-state index in [1.807, 2.05) is 36.4 Å². The Morgan fingerprint density at radius 1 is 1.23 bits per heavy atom. The molecule has 1 saturated heterocycles. The van der Waals surface area contributed by atoms with Gasteiger partial charge in [-0.15, -0.1) is 0 Å². The number of anilines is 1. The van der Waals surface area contributed by atoms with Gasteiger partial charge in [-0.05, 0) is 43.5 Å². The average Bonchev–Trinajstić information content (AvgIpc) is 3.25. The Balaban J connectivity index is 1.39. The molecule has 0 saturated carbocycles. The predicted molar refractivity (Wildman–Crippen MR) is 118 cm³/mol. The molecule has 3 aromatic rings. The smallest absolute Gasteiger partial charge is 0.325 e. The van der Waals surface area contributed by atoms with Gasteiger partial charge in [-0.1, -0.05) is 41.7 Å². The maximum absolute atomic E-state index is 12.9. The second-order valence-electron chi connectivity index (χ2n) is 7.54. The lowest BCUT2D eigenvalue weighted by atomic mass is 9.93. The number of carbonyl (C=O) groups excluding carboxylic acids is 3. The molecular weight excluding hydrogens is 416 g/mol. The van der Waals surface area contributed by atoms with Gasteiger partial charge in [-0.3, -0.25) is 14.5 Å². The first-order valence-corrected chi connectivity index (χ1v) is 10.6. The van der Waals surface area contributed by atoms with E-state index in [9.17, 15) is 14.4 Å². The molecule has 0 unspecified atom stereocenters. The minimum absolute atomic E-state index is 0.370. The summed E-state index contributed by atoms with van der Waals surface area (Å²) in [5.74, 6) is -0.192. The van der Waals surface area contributed by atoms with Gasteiger partial charge in [0.1, 0.15) is 17.8 Å². The van der Waals surface area contributed by atoms with E-state index in [1.54, 1.807) is 26.2 Å². The first-order chi connectivity index (χ1) is 14.9. The summed E-state index contributed by atoms with van der Waals surface area (Å²) in [7, 11) is 1.58. The fourth-order valence-corrected chi connectivity index (χ4v) is 4.40. The van der Waals surface area contributed by atoms with Crippen LogP contribution in [-0.4, -0.2) is 46.9 Å². The minimum atomic E-state index is -1.04. The molecule has 0 spiro atoms. The van der Waals surface area contributed by atoms with Crippen molar-refractivity contribution in [2.75, 3.05) is 19.0 Å². The lowest BCUT2D eigenvalue weighted by Crippen LogP contribution is -2.45. The Bertz CT molecular complexity index is 1150. The van der Waals surface area contributed by atoms with Crippen molar-refractivity contribution in [3.8, 4) is 5.75 Å². The van der Waals surface area contributed by atoms with E-state index in [4.69, 9.17) is 4.74 Å². The first-order valence-electron chi connectivity index (χ1n) is 9.80. The zero-order chi connectivity index (χ0) is 22.0. The topological polar surface area (TPSA) is 101 Å². The number of fused-ring (bicyclic) bond motifs is 1. The van der Waals surface area contributed by atoms with E-state index in [0.717, 1.165) is 20.7 Å². The molecule has 1 aliphatic rings. The van der Waals surface area contributed by atoms with Gasteiger partial charge in [-0.25, -0.2) is 9.78 Å². The Morgan fingerprint density at radius 3 is 2.74 bits per heavy atom. The van der Waals surface area contributed by atoms with E-state index < -0.39 is 23.4 Å². The van der Waals surface area contributed by atoms with E-state index in [0.29, 0.717) is 23.7 Å². The number of carbonyl (C=O) groups is 3. The molecule has 1 fully saturated rings. The summed E-state index contributed by atoms with van der Waals surface area (Å²) >= 11 is 1.29. The maximum Gasteiger partial charge on any atom is 0.325 e. The van der Waals surface area contributed by atoms with Gasteiger partial charge in [0.25, 0.3) is 5.91 Å². The van der Waals surface area contributed by atoms with E-state index in [-0.39, 0.29) is 6.54 Å². The molecular formula is C22H22N4O4S. The van der Waals surface area contributed by atoms with Crippen molar-refractivity contribution in [1.82, 2.24) is 15.2 Å². The van der Waals surface area contributed by atoms with Crippen LogP contribution >= 0.6 is 11.3 Å². The van der Waals surface area contributed by atoms with Crippen LogP contribution in [0.25, 0.3) is 10.2 Å².